The lowest BCUT2D eigenvalue weighted by Gasteiger charge is -2.49. The van der Waals surface area contributed by atoms with E-state index in [0.717, 1.165) is 37.8 Å². The molecule has 0 amide bonds. The summed E-state index contributed by atoms with van der Waals surface area (Å²) in [7, 11) is 0. The number of hydrogen-bond donors (Lipinski definition) is 1. The summed E-state index contributed by atoms with van der Waals surface area (Å²) in [5, 5.41) is 19.0. The summed E-state index contributed by atoms with van der Waals surface area (Å²) in [6.45, 7) is 2.34. The second-order valence-electron chi connectivity index (χ2n) is 9.22. The number of phenolic OH excluding ortho intramolecular Hbond substituents is 1. The van der Waals surface area contributed by atoms with Crippen LogP contribution in [0.4, 0.5) is 4.39 Å². The highest BCUT2D eigenvalue weighted by molar-refractivity contribution is 6.33. The highest BCUT2D eigenvalue weighted by Crippen LogP contribution is 2.60. The summed E-state index contributed by atoms with van der Waals surface area (Å²) in [6.07, 6.45) is 7.97. The number of hydrogen-bond acceptors (Lipinski definition) is 3. The maximum absolute atomic E-state index is 14.0. The first-order valence-electron chi connectivity index (χ1n) is 10.8. The van der Waals surface area contributed by atoms with E-state index in [2.05, 4.69) is 23.2 Å². The van der Waals surface area contributed by atoms with Crippen molar-refractivity contribution in [1.29, 1.82) is 0 Å². The first-order chi connectivity index (χ1) is 14.5. The lowest BCUT2D eigenvalue weighted by Crippen LogP contribution is -2.42. The smallest absolute Gasteiger partial charge is 0.133 e. The number of nitrogens with zero attached hydrogens (tertiary/aromatic N) is 2. The summed E-state index contributed by atoms with van der Waals surface area (Å²) in [6, 6.07) is 10.5. The summed E-state index contributed by atoms with van der Waals surface area (Å²) in [5.41, 5.74) is 4.25. The van der Waals surface area contributed by atoms with E-state index < -0.39 is 0 Å². The highest BCUT2D eigenvalue weighted by atomic mass is 35.5. The molecule has 30 heavy (non-hydrogen) atoms. The van der Waals surface area contributed by atoms with Crippen LogP contribution < -0.4 is 0 Å². The van der Waals surface area contributed by atoms with Gasteiger partial charge in [-0.3, -0.25) is 0 Å². The Balaban J connectivity index is 1.40. The molecule has 0 unspecified atom stereocenters. The molecule has 3 aliphatic carbocycles. The van der Waals surface area contributed by atoms with Gasteiger partial charge in [-0.1, -0.05) is 30.7 Å². The Morgan fingerprint density at radius 2 is 2.03 bits per heavy atom. The first kappa shape index (κ1) is 19.7. The maximum atomic E-state index is 14.0. The molecule has 4 atom stereocenters. The SMILES string of the molecule is C[C@]12CC[C@@H]3c4ccc(O)cc4CC[C@H]3[C@H]1CC/C2=N/N=C\c1c(F)cccc1Cl. The van der Waals surface area contributed by atoms with Crippen molar-refractivity contribution in [3.8, 4) is 5.75 Å². The quantitative estimate of drug-likeness (QED) is 0.433. The first-order valence-corrected chi connectivity index (χ1v) is 11.2. The van der Waals surface area contributed by atoms with Gasteiger partial charge in [-0.15, -0.1) is 0 Å². The second kappa shape index (κ2) is 7.49. The van der Waals surface area contributed by atoms with Gasteiger partial charge in [-0.2, -0.15) is 10.2 Å². The van der Waals surface area contributed by atoms with Gasteiger partial charge in [0.1, 0.15) is 11.6 Å². The summed E-state index contributed by atoms with van der Waals surface area (Å²) >= 11 is 6.09. The van der Waals surface area contributed by atoms with Crippen molar-refractivity contribution in [2.45, 2.75) is 51.4 Å². The van der Waals surface area contributed by atoms with Gasteiger partial charge < -0.3 is 5.11 Å². The number of fused-ring (bicyclic) bond motifs is 5. The Hall–Kier alpha value is -2.20. The van der Waals surface area contributed by atoms with E-state index in [1.54, 1.807) is 12.1 Å². The van der Waals surface area contributed by atoms with Crippen LogP contribution in [0.15, 0.2) is 46.6 Å². The van der Waals surface area contributed by atoms with Crippen molar-refractivity contribution in [3.63, 3.8) is 0 Å². The molecule has 2 saturated carbocycles. The Labute approximate surface area is 181 Å². The van der Waals surface area contributed by atoms with Crippen LogP contribution in [0.3, 0.4) is 0 Å². The largest absolute Gasteiger partial charge is 0.508 e. The van der Waals surface area contributed by atoms with Gasteiger partial charge in [0.05, 0.1) is 11.2 Å². The van der Waals surface area contributed by atoms with Crippen LogP contribution in [0.2, 0.25) is 5.02 Å². The van der Waals surface area contributed by atoms with E-state index in [-0.39, 0.29) is 11.2 Å². The summed E-state index contributed by atoms with van der Waals surface area (Å²) < 4.78 is 14.0. The van der Waals surface area contributed by atoms with Crippen molar-refractivity contribution < 1.29 is 9.50 Å². The lowest BCUT2D eigenvalue weighted by molar-refractivity contribution is 0.0955. The fraction of sp³-hybridized carbons (Fsp3) is 0.440. The topological polar surface area (TPSA) is 45.0 Å². The second-order valence-corrected chi connectivity index (χ2v) is 9.63. The van der Waals surface area contributed by atoms with Crippen molar-refractivity contribution in [2.75, 3.05) is 0 Å². The lowest BCUT2D eigenvalue weighted by atomic mass is 9.55. The standard InChI is InChI=1S/C25H26ClFN2O/c1-25-12-11-18-17-8-6-16(30)13-15(17)5-7-19(18)21(25)9-10-24(25)29-28-14-20-22(26)3-2-4-23(20)27/h2-4,6,8,13-14,18-19,21,30H,5,7,9-12H2,1H3/b28-14-,29-24-/t18-,19-,21-,25+/m1/s1. The number of aryl methyl sites for hydroxylation is 1. The van der Waals surface area contributed by atoms with E-state index in [9.17, 15) is 9.50 Å². The Bertz CT molecular complexity index is 1030. The molecular weight excluding hydrogens is 399 g/mol. The minimum Gasteiger partial charge on any atom is -0.508 e. The predicted molar refractivity (Wildman–Crippen MR) is 119 cm³/mol. The molecule has 1 N–H and O–H groups in total. The van der Waals surface area contributed by atoms with Crippen molar-refractivity contribution in [3.05, 3.63) is 63.9 Å². The van der Waals surface area contributed by atoms with Gasteiger partial charge in [0, 0.05) is 16.7 Å². The molecule has 0 aromatic heterocycles. The van der Waals surface area contributed by atoms with E-state index >= 15 is 0 Å². The van der Waals surface area contributed by atoms with Crippen LogP contribution in [0.5, 0.6) is 5.75 Å². The number of benzene rings is 2. The average molecular weight is 425 g/mol. The zero-order valence-corrected chi connectivity index (χ0v) is 17.9. The van der Waals surface area contributed by atoms with E-state index in [0.29, 0.717) is 34.1 Å². The van der Waals surface area contributed by atoms with Crippen molar-refractivity contribution in [1.82, 2.24) is 0 Å². The molecule has 0 heterocycles. The predicted octanol–water partition coefficient (Wildman–Crippen LogP) is 6.52. The molecular formula is C25H26ClFN2O. The Morgan fingerprint density at radius 3 is 2.87 bits per heavy atom. The van der Waals surface area contributed by atoms with E-state index in [4.69, 9.17) is 11.6 Å². The van der Waals surface area contributed by atoms with E-state index in [1.807, 2.05) is 12.1 Å². The van der Waals surface area contributed by atoms with Crippen LogP contribution in [0, 0.1) is 23.1 Å². The van der Waals surface area contributed by atoms with Crippen molar-refractivity contribution >= 4 is 23.5 Å². The monoisotopic (exact) mass is 424 g/mol. The van der Waals surface area contributed by atoms with Crippen LogP contribution in [0.1, 0.15) is 61.6 Å². The van der Waals surface area contributed by atoms with Crippen LogP contribution >= 0.6 is 11.6 Å². The maximum Gasteiger partial charge on any atom is 0.133 e. The molecule has 5 rings (SSSR count). The third-order valence-electron chi connectivity index (χ3n) is 7.82. The van der Waals surface area contributed by atoms with Gasteiger partial charge in [0.15, 0.2) is 0 Å². The Morgan fingerprint density at radius 1 is 1.17 bits per heavy atom. The minimum atomic E-state index is -0.380. The fourth-order valence-electron chi connectivity index (χ4n) is 6.31. The number of aromatic hydroxyl groups is 1. The number of halogens is 2. The van der Waals surface area contributed by atoms with E-state index in [1.165, 1.54) is 29.8 Å². The third kappa shape index (κ3) is 3.17. The zero-order chi connectivity index (χ0) is 20.9. The number of phenols is 1. The molecule has 3 nitrogen and oxygen atoms in total. The highest BCUT2D eigenvalue weighted by Gasteiger charge is 2.53. The van der Waals surface area contributed by atoms with Crippen LogP contribution in [-0.2, 0) is 6.42 Å². The molecule has 0 spiro atoms. The van der Waals surface area contributed by atoms with Crippen molar-refractivity contribution in [2.24, 2.45) is 27.5 Å². The molecule has 2 aromatic rings. The molecule has 3 aliphatic rings. The average Bonchev–Trinajstić information content (AvgIpc) is 3.06. The van der Waals surface area contributed by atoms with Crippen LogP contribution in [-0.4, -0.2) is 17.0 Å². The molecule has 0 saturated heterocycles. The molecule has 2 fully saturated rings. The third-order valence-corrected chi connectivity index (χ3v) is 8.15. The molecule has 0 aliphatic heterocycles. The zero-order valence-electron chi connectivity index (χ0n) is 17.1. The summed E-state index contributed by atoms with van der Waals surface area (Å²) in [5.74, 6) is 1.82. The van der Waals surface area contributed by atoms with Crippen LogP contribution in [0.25, 0.3) is 0 Å². The fourth-order valence-corrected chi connectivity index (χ4v) is 6.52. The number of rotatable bonds is 2. The van der Waals surface area contributed by atoms with Gasteiger partial charge in [0.2, 0.25) is 0 Å². The molecule has 156 valence electrons. The van der Waals surface area contributed by atoms with Gasteiger partial charge >= 0.3 is 0 Å². The molecule has 5 heteroatoms. The summed E-state index contributed by atoms with van der Waals surface area (Å²) in [4.78, 5) is 0. The Kier molecular flexibility index (Phi) is 4.93. The van der Waals surface area contributed by atoms with Gasteiger partial charge in [-0.05, 0) is 91.7 Å². The van der Waals surface area contributed by atoms with Gasteiger partial charge in [-0.25, -0.2) is 4.39 Å². The minimum absolute atomic E-state index is 0.0615. The molecule has 0 radical (unpaired) electrons. The molecule has 0 bridgehead atoms. The van der Waals surface area contributed by atoms with Gasteiger partial charge in [0.25, 0.3) is 0 Å². The molecule has 2 aromatic carbocycles. The normalized spacial score (nSPS) is 31.6.